The number of carboxylic acids is 1. The number of pyridine rings is 2. The molecule has 2 aromatic heterocycles. The molecule has 1 aromatic carbocycles. The monoisotopic (exact) mass is 434 g/mol. The number of rotatable bonds is 11. The van der Waals surface area contributed by atoms with Crippen molar-refractivity contribution >= 4 is 5.97 Å². The summed E-state index contributed by atoms with van der Waals surface area (Å²) in [4.78, 5) is 20.5. The zero-order valence-corrected chi connectivity index (χ0v) is 18.6. The van der Waals surface area contributed by atoms with Crippen LogP contribution in [0.5, 0.6) is 5.88 Å². The Morgan fingerprint density at radius 3 is 2.44 bits per heavy atom. The van der Waals surface area contributed by atoms with Gasteiger partial charge in [-0.1, -0.05) is 50.2 Å². The Labute approximate surface area is 188 Å². The average Bonchev–Trinajstić information content (AvgIpc) is 2.79. The highest BCUT2D eigenvalue weighted by atomic mass is 16.5. The summed E-state index contributed by atoms with van der Waals surface area (Å²) in [6.45, 7) is 4.55. The molecule has 0 fully saturated rings. The summed E-state index contributed by atoms with van der Waals surface area (Å²) >= 11 is 0. The van der Waals surface area contributed by atoms with E-state index in [-0.39, 0.29) is 12.2 Å². The molecule has 2 heterocycles. The van der Waals surface area contributed by atoms with Gasteiger partial charge in [0, 0.05) is 17.5 Å². The molecule has 0 radical (unpaired) electrons. The summed E-state index contributed by atoms with van der Waals surface area (Å²) in [5, 5.41) is 18.7. The second-order valence-corrected chi connectivity index (χ2v) is 8.28. The van der Waals surface area contributed by atoms with Gasteiger partial charge in [-0.2, -0.15) is 0 Å². The number of aryl methyl sites for hydroxylation is 2. The number of carbonyl (C=O) groups is 1. The van der Waals surface area contributed by atoms with Crippen molar-refractivity contribution in [2.45, 2.75) is 52.7 Å². The fraction of sp³-hybridized carbons (Fsp3) is 0.346. The first-order valence-electron chi connectivity index (χ1n) is 10.9. The van der Waals surface area contributed by atoms with Crippen LogP contribution in [0.2, 0.25) is 0 Å². The van der Waals surface area contributed by atoms with E-state index in [4.69, 9.17) is 9.72 Å². The number of aromatic carboxylic acids is 1. The van der Waals surface area contributed by atoms with E-state index in [2.05, 4.69) is 24.9 Å². The lowest BCUT2D eigenvalue weighted by Gasteiger charge is -2.14. The fourth-order valence-electron chi connectivity index (χ4n) is 3.58. The van der Waals surface area contributed by atoms with E-state index in [1.165, 1.54) is 11.6 Å². The maximum Gasteiger partial charge on any atom is 0.335 e. The summed E-state index contributed by atoms with van der Waals surface area (Å²) in [5.41, 5.74) is 4.47. The van der Waals surface area contributed by atoms with Crippen LogP contribution in [0.15, 0.2) is 54.6 Å². The number of hydrogen-bond acceptors (Lipinski definition) is 5. The van der Waals surface area contributed by atoms with Crippen molar-refractivity contribution in [2.75, 3.05) is 0 Å². The molecule has 0 spiro atoms. The largest absolute Gasteiger partial charge is 0.478 e. The third kappa shape index (κ3) is 6.89. The number of ether oxygens (including phenoxy) is 1. The van der Waals surface area contributed by atoms with E-state index < -0.39 is 5.97 Å². The number of benzene rings is 1. The van der Waals surface area contributed by atoms with Crippen molar-refractivity contribution < 1.29 is 19.7 Å². The highest BCUT2D eigenvalue weighted by Gasteiger charge is 2.11. The van der Waals surface area contributed by atoms with Crippen LogP contribution in [0.3, 0.4) is 0 Å². The van der Waals surface area contributed by atoms with Crippen LogP contribution in [-0.4, -0.2) is 26.2 Å². The van der Waals surface area contributed by atoms with E-state index in [0.29, 0.717) is 36.2 Å². The SMILES string of the molecule is CC(C)Cc1ccc(OCc2ccccc2)nc1CCCc1cc(C(=O)O)cc(CO)n1. The molecular weight excluding hydrogens is 404 g/mol. The quantitative estimate of drug-likeness (QED) is 0.457. The Morgan fingerprint density at radius 2 is 1.75 bits per heavy atom. The van der Waals surface area contributed by atoms with Crippen LogP contribution in [0.1, 0.15) is 58.8 Å². The molecule has 3 rings (SSSR count). The molecule has 0 aliphatic rings. The summed E-state index contributed by atoms with van der Waals surface area (Å²) in [6.07, 6.45) is 3.04. The number of aliphatic hydroxyl groups excluding tert-OH is 1. The van der Waals surface area contributed by atoms with Crippen molar-refractivity contribution in [3.8, 4) is 5.88 Å². The zero-order chi connectivity index (χ0) is 22.9. The van der Waals surface area contributed by atoms with Crippen LogP contribution in [0.25, 0.3) is 0 Å². The summed E-state index contributed by atoms with van der Waals surface area (Å²) < 4.78 is 5.91. The van der Waals surface area contributed by atoms with Gasteiger partial charge in [0.2, 0.25) is 5.88 Å². The summed E-state index contributed by atoms with van der Waals surface area (Å²) in [6, 6.07) is 17.0. The van der Waals surface area contributed by atoms with Gasteiger partial charge in [-0.25, -0.2) is 9.78 Å². The third-order valence-corrected chi connectivity index (χ3v) is 5.09. The minimum Gasteiger partial charge on any atom is -0.478 e. The van der Waals surface area contributed by atoms with Crippen LogP contribution in [0, 0.1) is 5.92 Å². The standard InChI is InChI=1S/C26H30N2O4/c1-18(2)13-20-11-12-25(32-17-19-7-4-3-5-8-19)28-24(20)10-6-9-22-14-21(26(30)31)15-23(16-29)27-22/h3-5,7-8,11-12,14-15,18,29H,6,9-10,13,16-17H2,1-2H3,(H,30,31). The number of aliphatic hydroxyl groups is 1. The highest BCUT2D eigenvalue weighted by molar-refractivity contribution is 5.87. The predicted octanol–water partition coefficient (Wildman–Crippen LogP) is 4.62. The van der Waals surface area contributed by atoms with E-state index in [1.807, 2.05) is 36.4 Å². The molecule has 6 heteroatoms. The Balaban J connectivity index is 1.70. The van der Waals surface area contributed by atoms with Gasteiger partial charge in [0.15, 0.2) is 0 Å². The van der Waals surface area contributed by atoms with Crippen molar-refractivity contribution in [1.82, 2.24) is 9.97 Å². The lowest BCUT2D eigenvalue weighted by molar-refractivity contribution is 0.0696. The first-order chi connectivity index (χ1) is 15.4. The van der Waals surface area contributed by atoms with Gasteiger partial charge in [0.1, 0.15) is 6.61 Å². The van der Waals surface area contributed by atoms with Gasteiger partial charge < -0.3 is 14.9 Å². The van der Waals surface area contributed by atoms with Gasteiger partial charge in [-0.15, -0.1) is 0 Å². The normalized spacial score (nSPS) is 11.0. The third-order valence-electron chi connectivity index (χ3n) is 5.09. The van der Waals surface area contributed by atoms with E-state index in [9.17, 15) is 15.0 Å². The van der Waals surface area contributed by atoms with E-state index >= 15 is 0 Å². The first-order valence-corrected chi connectivity index (χ1v) is 10.9. The zero-order valence-electron chi connectivity index (χ0n) is 18.6. The second kappa shape index (κ2) is 11.4. The average molecular weight is 435 g/mol. The maximum atomic E-state index is 11.3. The van der Waals surface area contributed by atoms with Crippen LogP contribution >= 0.6 is 0 Å². The fourth-order valence-corrected chi connectivity index (χ4v) is 3.58. The number of aromatic nitrogens is 2. The topological polar surface area (TPSA) is 92.5 Å². The Morgan fingerprint density at radius 1 is 1.00 bits per heavy atom. The first kappa shape index (κ1) is 23.4. The van der Waals surface area contributed by atoms with E-state index in [0.717, 1.165) is 30.5 Å². The second-order valence-electron chi connectivity index (χ2n) is 8.28. The van der Waals surface area contributed by atoms with Crippen molar-refractivity contribution in [3.05, 3.63) is 88.4 Å². The number of nitrogens with zero attached hydrogens (tertiary/aromatic N) is 2. The predicted molar refractivity (Wildman–Crippen MR) is 123 cm³/mol. The molecule has 0 aliphatic heterocycles. The van der Waals surface area contributed by atoms with Crippen LogP contribution in [-0.2, 0) is 32.5 Å². The molecule has 0 unspecified atom stereocenters. The number of hydrogen-bond donors (Lipinski definition) is 2. The Kier molecular flexibility index (Phi) is 8.34. The van der Waals surface area contributed by atoms with Gasteiger partial charge >= 0.3 is 5.97 Å². The molecule has 0 bridgehead atoms. The van der Waals surface area contributed by atoms with Crippen LogP contribution < -0.4 is 4.74 Å². The Bertz CT molecular complexity index is 1040. The lowest BCUT2D eigenvalue weighted by Crippen LogP contribution is -2.07. The molecule has 6 nitrogen and oxygen atoms in total. The molecule has 3 aromatic rings. The molecule has 0 saturated carbocycles. The van der Waals surface area contributed by atoms with E-state index in [1.54, 1.807) is 6.07 Å². The smallest absolute Gasteiger partial charge is 0.335 e. The molecule has 0 amide bonds. The summed E-state index contributed by atoms with van der Waals surface area (Å²) in [5.74, 6) is 0.0880. The number of carboxylic acid groups (broad SMARTS) is 1. The lowest BCUT2D eigenvalue weighted by atomic mass is 9.98. The molecule has 168 valence electrons. The van der Waals surface area contributed by atoms with Gasteiger partial charge in [0.25, 0.3) is 0 Å². The minimum atomic E-state index is -1.02. The maximum absolute atomic E-state index is 11.3. The van der Waals surface area contributed by atoms with Gasteiger partial charge in [0.05, 0.1) is 17.9 Å². The molecule has 0 atom stereocenters. The molecular formula is C26H30N2O4. The van der Waals surface area contributed by atoms with Crippen molar-refractivity contribution in [3.63, 3.8) is 0 Å². The molecule has 0 aliphatic carbocycles. The van der Waals surface area contributed by atoms with Gasteiger partial charge in [-0.3, -0.25) is 4.98 Å². The van der Waals surface area contributed by atoms with Gasteiger partial charge in [-0.05, 0) is 54.9 Å². The molecule has 2 N–H and O–H groups in total. The minimum absolute atomic E-state index is 0.147. The van der Waals surface area contributed by atoms with Crippen molar-refractivity contribution in [2.24, 2.45) is 5.92 Å². The summed E-state index contributed by atoms with van der Waals surface area (Å²) in [7, 11) is 0. The highest BCUT2D eigenvalue weighted by Crippen LogP contribution is 2.20. The molecule has 0 saturated heterocycles. The molecule has 32 heavy (non-hydrogen) atoms. The van der Waals surface area contributed by atoms with Crippen molar-refractivity contribution in [1.29, 1.82) is 0 Å². The van der Waals surface area contributed by atoms with Crippen LogP contribution in [0.4, 0.5) is 0 Å². The Hall–Kier alpha value is -3.25.